The van der Waals surface area contributed by atoms with Crippen molar-refractivity contribution >= 4 is 51.6 Å². The van der Waals surface area contributed by atoms with Gasteiger partial charge in [0.15, 0.2) is 15.8 Å². The predicted molar refractivity (Wildman–Crippen MR) is 161 cm³/mol. The van der Waals surface area contributed by atoms with Gasteiger partial charge >= 0.3 is 11.9 Å². The van der Waals surface area contributed by atoms with E-state index in [1.807, 2.05) is 31.2 Å². The molecule has 3 heterocycles. The number of carbonyl (C=O) groups is 3. The molecule has 1 saturated heterocycles. The van der Waals surface area contributed by atoms with Gasteiger partial charge in [0.2, 0.25) is 5.13 Å². The van der Waals surface area contributed by atoms with Gasteiger partial charge in [-0.15, -0.1) is 10.2 Å². The predicted octanol–water partition coefficient (Wildman–Crippen LogP) is 5.32. The third-order valence-electron chi connectivity index (χ3n) is 6.99. The van der Waals surface area contributed by atoms with Crippen molar-refractivity contribution < 1.29 is 33.7 Å². The molecule has 10 nitrogen and oxygen atoms in total. The van der Waals surface area contributed by atoms with Crippen molar-refractivity contribution in [1.82, 2.24) is 10.2 Å². The number of aromatic nitrogens is 2. The summed E-state index contributed by atoms with van der Waals surface area (Å²) in [6.45, 7) is 2.77. The zero-order valence-electron chi connectivity index (χ0n) is 23.1. The van der Waals surface area contributed by atoms with Gasteiger partial charge in [-0.1, -0.05) is 65.1 Å². The maximum Gasteiger partial charge on any atom is 0.337 e. The van der Waals surface area contributed by atoms with Crippen LogP contribution in [0.1, 0.15) is 38.7 Å². The van der Waals surface area contributed by atoms with Crippen LogP contribution in [0.2, 0.25) is 0 Å². The van der Waals surface area contributed by atoms with Gasteiger partial charge in [-0.25, -0.2) is 4.79 Å². The SMILES string of the molecule is COC(=O)c1ccc([C@H]2/C(=C(\O)c3ccc4c(c3)OCCO4)C(=O)C(=O)N2c2nnc(SCc3ccc(C)cc3)s2)cc1. The molecule has 0 radical (unpaired) electrons. The first-order valence-corrected chi connectivity index (χ1v) is 15.1. The molecular weight excluding hydrogens is 590 g/mol. The average Bonchev–Trinajstić information content (AvgIpc) is 3.61. The molecule has 0 saturated carbocycles. The van der Waals surface area contributed by atoms with Crippen LogP contribution in [0.5, 0.6) is 11.5 Å². The van der Waals surface area contributed by atoms with Crippen LogP contribution in [0.3, 0.4) is 0 Å². The maximum absolute atomic E-state index is 13.6. The number of rotatable bonds is 7. The first kappa shape index (κ1) is 28.4. The number of Topliss-reactive ketones (excluding diaryl/α,β-unsaturated/α-hetero) is 1. The number of thioether (sulfide) groups is 1. The molecule has 3 aromatic carbocycles. The van der Waals surface area contributed by atoms with E-state index in [2.05, 4.69) is 10.2 Å². The normalized spacial score (nSPS) is 17.3. The number of hydrogen-bond donors (Lipinski definition) is 1. The molecule has 0 spiro atoms. The molecule has 1 fully saturated rings. The minimum Gasteiger partial charge on any atom is -0.507 e. The highest BCUT2D eigenvalue weighted by Gasteiger charge is 2.48. The lowest BCUT2D eigenvalue weighted by atomic mass is 9.94. The number of aliphatic hydroxyl groups excluding tert-OH is 1. The Morgan fingerprint density at radius 3 is 2.42 bits per heavy atom. The third-order valence-corrected chi connectivity index (χ3v) is 9.12. The lowest BCUT2D eigenvalue weighted by molar-refractivity contribution is -0.132. The van der Waals surface area contributed by atoms with Crippen LogP contribution in [0.15, 0.2) is 76.6 Å². The molecule has 2 aliphatic heterocycles. The summed E-state index contributed by atoms with van der Waals surface area (Å²) in [4.78, 5) is 40.4. The fourth-order valence-electron chi connectivity index (χ4n) is 4.80. The van der Waals surface area contributed by atoms with Gasteiger partial charge in [0, 0.05) is 11.3 Å². The van der Waals surface area contributed by atoms with Crippen LogP contribution in [-0.4, -0.2) is 53.3 Å². The highest BCUT2D eigenvalue weighted by molar-refractivity contribution is 8.00. The number of nitrogens with zero attached hydrogens (tertiary/aromatic N) is 3. The number of fused-ring (bicyclic) bond motifs is 1. The molecule has 12 heteroatoms. The summed E-state index contributed by atoms with van der Waals surface area (Å²) >= 11 is 2.64. The number of hydrogen-bond acceptors (Lipinski definition) is 11. The molecule has 0 aliphatic carbocycles. The van der Waals surface area contributed by atoms with Crippen LogP contribution in [0.4, 0.5) is 5.13 Å². The van der Waals surface area contributed by atoms with E-state index in [9.17, 15) is 19.5 Å². The molecule has 0 bridgehead atoms. The van der Waals surface area contributed by atoms with Crippen molar-refractivity contribution in [1.29, 1.82) is 0 Å². The monoisotopic (exact) mass is 615 g/mol. The van der Waals surface area contributed by atoms with Gasteiger partial charge in [-0.3, -0.25) is 14.5 Å². The first-order valence-electron chi connectivity index (χ1n) is 13.2. The number of anilines is 1. The minimum absolute atomic E-state index is 0.128. The smallest absolute Gasteiger partial charge is 0.337 e. The molecule has 4 aromatic rings. The number of ketones is 1. The van der Waals surface area contributed by atoms with E-state index in [0.29, 0.717) is 45.9 Å². The summed E-state index contributed by atoms with van der Waals surface area (Å²) in [5, 5.41) is 20.2. The van der Waals surface area contributed by atoms with E-state index >= 15 is 0 Å². The zero-order chi connectivity index (χ0) is 30.1. The van der Waals surface area contributed by atoms with Gasteiger partial charge in [0.1, 0.15) is 19.0 Å². The van der Waals surface area contributed by atoms with Crippen molar-refractivity contribution in [3.05, 3.63) is 100 Å². The largest absolute Gasteiger partial charge is 0.507 e. The fourth-order valence-corrected chi connectivity index (χ4v) is 6.62. The van der Waals surface area contributed by atoms with E-state index in [1.165, 1.54) is 47.2 Å². The van der Waals surface area contributed by atoms with Crippen LogP contribution in [0, 0.1) is 6.92 Å². The van der Waals surface area contributed by atoms with Crippen molar-refractivity contribution in [3.8, 4) is 11.5 Å². The second kappa shape index (κ2) is 11.9. The van der Waals surface area contributed by atoms with Crippen molar-refractivity contribution in [2.75, 3.05) is 25.2 Å². The molecule has 2 aliphatic rings. The highest BCUT2D eigenvalue weighted by Crippen LogP contribution is 2.45. The summed E-state index contributed by atoms with van der Waals surface area (Å²) in [5.74, 6) is -1.05. The number of esters is 1. The molecule has 0 unspecified atom stereocenters. The minimum atomic E-state index is -1.04. The molecule has 1 N–H and O–H groups in total. The van der Waals surface area contributed by atoms with Crippen LogP contribution < -0.4 is 14.4 Å². The van der Waals surface area contributed by atoms with Crippen LogP contribution >= 0.6 is 23.1 Å². The second-order valence-corrected chi connectivity index (χ2v) is 11.9. The Hall–Kier alpha value is -4.68. The third kappa shape index (κ3) is 5.58. The Bertz CT molecular complexity index is 1750. The molecule has 218 valence electrons. The van der Waals surface area contributed by atoms with Gasteiger partial charge in [0.25, 0.3) is 5.78 Å². The quantitative estimate of drug-likeness (QED) is 0.0728. The van der Waals surface area contributed by atoms with Gasteiger partial charge in [-0.2, -0.15) is 0 Å². The van der Waals surface area contributed by atoms with E-state index in [0.717, 1.165) is 11.1 Å². The number of methoxy groups -OCH3 is 1. The van der Waals surface area contributed by atoms with Crippen LogP contribution in [-0.2, 0) is 20.1 Å². The van der Waals surface area contributed by atoms with E-state index in [4.69, 9.17) is 14.2 Å². The number of aryl methyl sites for hydroxylation is 1. The second-order valence-electron chi connectivity index (χ2n) is 9.77. The fraction of sp³-hybridized carbons (Fsp3) is 0.194. The Morgan fingerprint density at radius 1 is 1.00 bits per heavy atom. The Labute approximate surface area is 254 Å². The number of amides is 1. The molecule has 43 heavy (non-hydrogen) atoms. The summed E-state index contributed by atoms with van der Waals surface area (Å²) < 4.78 is 16.6. The zero-order valence-corrected chi connectivity index (χ0v) is 24.7. The Morgan fingerprint density at radius 2 is 1.70 bits per heavy atom. The summed E-state index contributed by atoms with van der Waals surface area (Å²) in [6.07, 6.45) is 0. The molecule has 1 amide bonds. The van der Waals surface area contributed by atoms with E-state index < -0.39 is 23.7 Å². The van der Waals surface area contributed by atoms with E-state index in [-0.39, 0.29) is 22.0 Å². The lowest BCUT2D eigenvalue weighted by Crippen LogP contribution is -2.29. The van der Waals surface area contributed by atoms with Crippen molar-refractivity contribution in [2.24, 2.45) is 0 Å². The van der Waals surface area contributed by atoms with Crippen molar-refractivity contribution in [3.63, 3.8) is 0 Å². The average molecular weight is 616 g/mol. The number of benzene rings is 3. The van der Waals surface area contributed by atoms with Gasteiger partial charge in [-0.05, 0) is 48.4 Å². The topological polar surface area (TPSA) is 128 Å². The molecular formula is C31H25N3O7S2. The van der Waals surface area contributed by atoms with Crippen molar-refractivity contribution in [2.45, 2.75) is 23.1 Å². The lowest BCUT2D eigenvalue weighted by Gasteiger charge is -2.23. The number of carbonyl (C=O) groups excluding carboxylic acids is 3. The molecule has 6 rings (SSSR count). The summed E-state index contributed by atoms with van der Waals surface area (Å²) in [7, 11) is 1.28. The van der Waals surface area contributed by atoms with Gasteiger partial charge < -0.3 is 19.3 Å². The first-order chi connectivity index (χ1) is 20.8. The summed E-state index contributed by atoms with van der Waals surface area (Å²) in [5.41, 5.74) is 3.20. The highest BCUT2D eigenvalue weighted by atomic mass is 32.2. The van der Waals surface area contributed by atoms with Gasteiger partial charge in [0.05, 0.1) is 24.3 Å². The number of ether oxygens (including phenoxy) is 3. The maximum atomic E-state index is 13.6. The molecule has 1 atom stereocenters. The Balaban J connectivity index is 1.39. The summed E-state index contributed by atoms with van der Waals surface area (Å²) in [6, 6.07) is 18.2. The van der Waals surface area contributed by atoms with Crippen LogP contribution in [0.25, 0.3) is 5.76 Å². The standard InChI is InChI=1S/C31H25N3O7S2/c1-17-3-5-18(6-4-17)16-42-31-33-32-30(43-31)34-25(19-7-9-20(10-8-19)29(38)39-2)24(27(36)28(34)37)26(35)21-11-12-22-23(15-21)41-14-13-40-22/h3-12,15,25,35H,13-14,16H2,1-2H3/b26-24+/t25-/m0/s1. The Kier molecular flexibility index (Phi) is 7.87. The van der Waals surface area contributed by atoms with E-state index in [1.54, 1.807) is 30.3 Å². The molecule has 1 aromatic heterocycles. The number of aliphatic hydroxyl groups is 1.